The van der Waals surface area contributed by atoms with Crippen LogP contribution in [0.15, 0.2) is 0 Å². The Morgan fingerprint density at radius 1 is 1.50 bits per heavy atom. The van der Waals surface area contributed by atoms with Crippen molar-refractivity contribution in [2.45, 2.75) is 18.9 Å². The Morgan fingerprint density at radius 2 is 2.00 bits per heavy atom. The van der Waals surface area contributed by atoms with Gasteiger partial charge in [-0.25, -0.2) is 0 Å². The van der Waals surface area contributed by atoms with Crippen molar-refractivity contribution < 1.29 is 14.7 Å². The van der Waals surface area contributed by atoms with Gasteiger partial charge in [0.15, 0.2) is 0 Å². The van der Waals surface area contributed by atoms with Gasteiger partial charge in [-0.15, -0.1) is 11.5 Å². The molecule has 0 aliphatic rings. The minimum absolute atomic E-state index is 0.245. The average molecular weight is 144 g/mol. The maximum atomic E-state index is 9.87. The van der Waals surface area contributed by atoms with Crippen LogP contribution in [-0.4, -0.2) is 23.0 Å². The number of nitrogens with zero attached hydrogens (tertiary/aromatic N) is 2. The molecule has 0 spiro atoms. The molecule has 5 nitrogen and oxygen atoms in total. The predicted molar refractivity (Wildman–Crippen MR) is 29.9 cm³/mol. The van der Waals surface area contributed by atoms with Gasteiger partial charge in [0.2, 0.25) is 0 Å². The highest BCUT2D eigenvalue weighted by molar-refractivity contribution is 5.76. The molecule has 1 amide bonds. The SMILES string of the molecule is [15N]C(=O)CC[C@H]([15N])C(=O)O. The Labute approximate surface area is 58.0 Å². The second-order valence-corrected chi connectivity index (χ2v) is 1.79. The lowest BCUT2D eigenvalue weighted by Crippen LogP contribution is -2.22. The zero-order valence-electron chi connectivity index (χ0n) is 5.15. The number of carbonyl (C=O) groups excluding carboxylic acids is 1. The molecule has 1 atom stereocenters. The standard InChI is InChI=1S/C5H6N2O3/c6-3(5(9)10)1-2-4(7)8/h3H,1-2H2,(H,9,10)/t3-/m0/s1/i6+1,7+1. The molecule has 54 valence electrons. The zero-order valence-corrected chi connectivity index (χ0v) is 5.15. The highest BCUT2D eigenvalue weighted by Crippen LogP contribution is 1.94. The van der Waals surface area contributed by atoms with Gasteiger partial charge in [-0.2, -0.15) is 0 Å². The summed E-state index contributed by atoms with van der Waals surface area (Å²) in [5.41, 5.74) is 16.6. The second kappa shape index (κ2) is 3.84. The van der Waals surface area contributed by atoms with E-state index in [0.29, 0.717) is 0 Å². The van der Waals surface area contributed by atoms with Gasteiger partial charge in [0.1, 0.15) is 6.04 Å². The fourth-order valence-corrected chi connectivity index (χ4v) is 0.384. The Morgan fingerprint density at radius 3 is 2.30 bits per heavy atom. The number of carboxylic acid groups (broad SMARTS) is 1. The van der Waals surface area contributed by atoms with E-state index in [0.717, 1.165) is 0 Å². The van der Waals surface area contributed by atoms with E-state index in [1.165, 1.54) is 0 Å². The van der Waals surface area contributed by atoms with E-state index in [4.69, 9.17) is 16.6 Å². The number of hydrogen-bond donors (Lipinski definition) is 1. The van der Waals surface area contributed by atoms with E-state index in [1.54, 1.807) is 0 Å². The van der Waals surface area contributed by atoms with Crippen molar-refractivity contribution in [1.29, 1.82) is 0 Å². The number of carboxylic acids is 1. The van der Waals surface area contributed by atoms with Crippen LogP contribution >= 0.6 is 0 Å². The molecular weight excluding hydrogens is 138 g/mol. The molecule has 1 N–H and O–H groups in total. The molecule has 0 aromatic heterocycles. The van der Waals surface area contributed by atoms with Crippen LogP contribution in [0.3, 0.4) is 0 Å². The van der Waals surface area contributed by atoms with Gasteiger partial charge in [0.05, 0.1) is 0 Å². The van der Waals surface area contributed by atoms with Crippen LogP contribution in [0.5, 0.6) is 0 Å². The van der Waals surface area contributed by atoms with Gasteiger partial charge in [0.25, 0.3) is 5.91 Å². The fraction of sp³-hybridized carbons (Fsp3) is 0.600. The quantitative estimate of drug-likeness (QED) is 0.506. The highest BCUT2D eigenvalue weighted by Gasteiger charge is 2.14. The van der Waals surface area contributed by atoms with E-state index >= 15 is 0 Å². The molecule has 0 bridgehead atoms. The molecule has 10 heavy (non-hydrogen) atoms. The maximum absolute atomic E-state index is 9.87. The molecular formula is C5H6N2O3. The van der Waals surface area contributed by atoms with Crippen LogP contribution < -0.4 is 11.5 Å². The summed E-state index contributed by atoms with van der Waals surface area (Å²) in [6.07, 6.45) is -0.571. The van der Waals surface area contributed by atoms with Crippen LogP contribution in [0.2, 0.25) is 0 Å². The van der Waals surface area contributed by atoms with Gasteiger partial charge in [0, 0.05) is 6.42 Å². The van der Waals surface area contributed by atoms with Crippen LogP contribution in [-0.2, 0) is 9.59 Å². The second-order valence-electron chi connectivity index (χ2n) is 1.79. The number of hydrogen-bond acceptors (Lipinski definition) is 2. The topological polar surface area (TPSA) is 99.0 Å². The smallest absolute Gasteiger partial charge is 0.324 e. The summed E-state index contributed by atoms with van der Waals surface area (Å²) in [5.74, 6) is -2.50. The molecule has 5 heteroatoms. The van der Waals surface area contributed by atoms with E-state index in [-0.39, 0.29) is 12.8 Å². The molecule has 0 unspecified atom stereocenters. The van der Waals surface area contributed by atoms with E-state index in [1.807, 2.05) is 0 Å². The summed E-state index contributed by atoms with van der Waals surface area (Å²) in [6.45, 7) is 0. The van der Waals surface area contributed by atoms with E-state index < -0.39 is 17.9 Å². The Hall–Kier alpha value is -1.10. The molecule has 0 rings (SSSR count). The van der Waals surface area contributed by atoms with Crippen LogP contribution in [0.1, 0.15) is 12.8 Å². The molecule has 4 radical (unpaired) electrons. The molecule has 0 aromatic rings. The predicted octanol–water partition coefficient (Wildman–Crippen LogP) is -1.12. The number of rotatable bonds is 4. The molecule has 0 saturated carbocycles. The minimum atomic E-state index is -1.56. The molecule has 0 aromatic carbocycles. The lowest BCUT2D eigenvalue weighted by atomic mass is 10.2. The summed E-state index contributed by atoms with van der Waals surface area (Å²) in [7, 11) is 0. The fourth-order valence-electron chi connectivity index (χ4n) is 0.384. The minimum Gasteiger partial charge on any atom is -0.480 e. The number of carbonyl (C=O) groups is 2. The van der Waals surface area contributed by atoms with Crippen molar-refractivity contribution >= 4 is 11.9 Å². The van der Waals surface area contributed by atoms with Gasteiger partial charge < -0.3 is 5.11 Å². The number of amides is 1. The van der Waals surface area contributed by atoms with Crippen molar-refractivity contribution in [3.05, 3.63) is 0 Å². The lowest BCUT2D eigenvalue weighted by molar-refractivity contribution is -0.138. The summed E-state index contributed by atoms with van der Waals surface area (Å²) in [5, 5.41) is 8.05. The first-order valence-electron chi connectivity index (χ1n) is 2.66. The monoisotopic (exact) mass is 144 g/mol. The molecule has 0 fully saturated rings. The normalized spacial score (nSPS) is 12.5. The van der Waals surface area contributed by atoms with Crippen LogP contribution in [0, 0.1) is 0 Å². The molecule has 0 aliphatic carbocycles. The highest BCUT2D eigenvalue weighted by atomic mass is 16.4. The Kier molecular flexibility index (Phi) is 3.42. The van der Waals surface area contributed by atoms with Gasteiger partial charge >= 0.3 is 5.97 Å². The van der Waals surface area contributed by atoms with Crippen molar-refractivity contribution in [2.75, 3.05) is 0 Å². The summed E-state index contributed by atoms with van der Waals surface area (Å²) in [4.78, 5) is 19.7. The maximum Gasteiger partial charge on any atom is 0.324 e. The summed E-state index contributed by atoms with van der Waals surface area (Å²) >= 11 is 0. The van der Waals surface area contributed by atoms with Crippen molar-refractivity contribution in [2.24, 2.45) is 0 Å². The van der Waals surface area contributed by atoms with Crippen LogP contribution in [0.25, 0.3) is 0 Å². The third-order valence-electron chi connectivity index (χ3n) is 0.917. The van der Waals surface area contributed by atoms with Crippen molar-refractivity contribution in [3.63, 3.8) is 0 Å². The van der Waals surface area contributed by atoms with Crippen LogP contribution in [0.4, 0.5) is 0 Å². The lowest BCUT2D eigenvalue weighted by Gasteiger charge is -1.98. The van der Waals surface area contributed by atoms with Crippen molar-refractivity contribution in [1.82, 2.24) is 11.5 Å². The Balaban J connectivity index is 3.49. The third kappa shape index (κ3) is 3.85. The third-order valence-corrected chi connectivity index (χ3v) is 0.917. The van der Waals surface area contributed by atoms with E-state index in [9.17, 15) is 9.59 Å². The molecule has 0 heterocycles. The summed E-state index contributed by atoms with van der Waals surface area (Å²) < 4.78 is 0. The molecule has 0 aliphatic heterocycles. The first-order chi connectivity index (χ1) is 4.54. The van der Waals surface area contributed by atoms with Gasteiger partial charge in [-0.1, -0.05) is 0 Å². The Bertz CT molecular complexity index is 146. The molecule has 0 saturated heterocycles. The van der Waals surface area contributed by atoms with Gasteiger partial charge in [-0.05, 0) is 6.42 Å². The summed E-state index contributed by atoms with van der Waals surface area (Å²) in [6, 6.07) is -1.56. The first kappa shape index (κ1) is 8.90. The van der Waals surface area contributed by atoms with Crippen molar-refractivity contribution in [3.8, 4) is 0 Å². The zero-order chi connectivity index (χ0) is 8.15. The first-order valence-corrected chi connectivity index (χ1v) is 2.66. The van der Waals surface area contributed by atoms with Gasteiger partial charge in [-0.3, -0.25) is 9.59 Å². The number of aliphatic carboxylic acids is 1. The average Bonchev–Trinajstić information content (AvgIpc) is 1.82. The van der Waals surface area contributed by atoms with E-state index in [2.05, 4.69) is 0 Å². The largest absolute Gasteiger partial charge is 0.480 e.